The smallest absolute Gasteiger partial charge is 0.135 e. The van der Waals surface area contributed by atoms with Gasteiger partial charge in [-0.15, -0.1) is 22.7 Å². The number of nitrogens with zero attached hydrogens (tertiary/aromatic N) is 2. The molecule has 5 heteroatoms. The molecule has 11 rings (SSSR count). The van der Waals surface area contributed by atoms with Gasteiger partial charge in [0.15, 0.2) is 0 Å². The highest BCUT2D eigenvalue weighted by Gasteiger charge is 2.19. The molecule has 250 valence electrons. The largest absolute Gasteiger partial charge is 0.456 e. The van der Waals surface area contributed by atoms with Crippen LogP contribution in [0.15, 0.2) is 186 Å². The Morgan fingerprint density at radius 2 is 0.736 bits per heavy atom. The first kappa shape index (κ1) is 30.2. The number of benzene rings is 8. The number of anilines is 6. The molecule has 0 aliphatic carbocycles. The summed E-state index contributed by atoms with van der Waals surface area (Å²) in [5.74, 6) is 0. The van der Waals surface area contributed by atoms with E-state index in [1.807, 2.05) is 34.8 Å². The highest BCUT2D eigenvalue weighted by atomic mass is 32.1. The van der Waals surface area contributed by atoms with E-state index in [4.69, 9.17) is 4.42 Å². The Hall–Kier alpha value is -6.40. The van der Waals surface area contributed by atoms with Crippen LogP contribution in [0.4, 0.5) is 34.1 Å². The van der Waals surface area contributed by atoms with Crippen LogP contribution in [0.3, 0.4) is 0 Å². The molecular weight excluding hydrogens is 685 g/mol. The van der Waals surface area contributed by atoms with Gasteiger partial charge >= 0.3 is 0 Å². The Kier molecular flexibility index (Phi) is 6.90. The molecule has 8 aromatic carbocycles. The molecule has 0 bridgehead atoms. The van der Waals surface area contributed by atoms with Crippen molar-refractivity contribution in [1.82, 2.24) is 0 Å². The third kappa shape index (κ3) is 5.01. The van der Waals surface area contributed by atoms with Crippen molar-refractivity contribution in [2.75, 3.05) is 9.80 Å². The summed E-state index contributed by atoms with van der Waals surface area (Å²) in [4.78, 5) is 4.73. The number of hydrogen-bond acceptors (Lipinski definition) is 5. The minimum Gasteiger partial charge on any atom is -0.456 e. The molecule has 11 aromatic rings. The number of thiophene rings is 2. The van der Waals surface area contributed by atoms with Gasteiger partial charge in [-0.05, 0) is 103 Å². The standard InChI is InChI=1S/C48H30N2OS2/c1-3-11-31(12-4-1)49(33-20-24-44-40(27-33)37-15-7-9-17-43(37)51-44)34-22-26-47-42(29-34)39-23-19-36(30-48(39)53-47)50(32-13-5-2-6-14-32)35-21-25-46-41(28-35)38-16-8-10-18-45(38)52-46/h1-30H. The lowest BCUT2D eigenvalue weighted by Gasteiger charge is -2.26. The van der Waals surface area contributed by atoms with E-state index < -0.39 is 0 Å². The molecule has 0 saturated carbocycles. The van der Waals surface area contributed by atoms with Crippen LogP contribution in [0.25, 0.3) is 62.3 Å². The third-order valence-electron chi connectivity index (χ3n) is 10.2. The van der Waals surface area contributed by atoms with Crippen molar-refractivity contribution in [3.63, 3.8) is 0 Å². The molecule has 0 aliphatic rings. The summed E-state index contributed by atoms with van der Waals surface area (Å²) in [6.07, 6.45) is 0. The molecule has 3 heterocycles. The molecule has 3 nitrogen and oxygen atoms in total. The van der Waals surface area contributed by atoms with Gasteiger partial charge in [0, 0.05) is 85.2 Å². The highest BCUT2D eigenvalue weighted by molar-refractivity contribution is 7.26. The molecule has 0 saturated heterocycles. The van der Waals surface area contributed by atoms with E-state index in [9.17, 15) is 0 Å². The molecule has 0 amide bonds. The minimum absolute atomic E-state index is 0.895. The predicted octanol–water partition coefficient (Wildman–Crippen LogP) is 15.3. The van der Waals surface area contributed by atoms with E-state index in [0.29, 0.717) is 0 Å². The molecule has 0 unspecified atom stereocenters. The second kappa shape index (κ2) is 12.1. The van der Waals surface area contributed by atoms with Gasteiger partial charge in [0.25, 0.3) is 0 Å². The number of hydrogen-bond donors (Lipinski definition) is 0. The van der Waals surface area contributed by atoms with Crippen LogP contribution in [-0.4, -0.2) is 0 Å². The Morgan fingerprint density at radius 3 is 1.42 bits per heavy atom. The Balaban J connectivity index is 1.05. The summed E-state index contributed by atoms with van der Waals surface area (Å²) in [7, 11) is 0. The molecular formula is C48H30N2OS2. The summed E-state index contributed by atoms with van der Waals surface area (Å²) < 4.78 is 11.3. The van der Waals surface area contributed by atoms with Gasteiger partial charge in [0.2, 0.25) is 0 Å². The fourth-order valence-corrected chi connectivity index (χ4v) is 9.99. The van der Waals surface area contributed by atoms with E-state index >= 15 is 0 Å². The van der Waals surface area contributed by atoms with Gasteiger partial charge in [0.1, 0.15) is 11.2 Å². The zero-order valence-electron chi connectivity index (χ0n) is 28.4. The van der Waals surface area contributed by atoms with Crippen LogP contribution < -0.4 is 9.80 Å². The number of furan rings is 1. The van der Waals surface area contributed by atoms with Crippen LogP contribution in [-0.2, 0) is 0 Å². The lowest BCUT2D eigenvalue weighted by Crippen LogP contribution is -2.09. The fraction of sp³-hybridized carbons (Fsp3) is 0. The maximum absolute atomic E-state index is 6.19. The van der Waals surface area contributed by atoms with Crippen molar-refractivity contribution < 1.29 is 4.42 Å². The summed E-state index contributed by atoms with van der Waals surface area (Å²) in [5, 5.41) is 7.35. The molecule has 0 spiro atoms. The van der Waals surface area contributed by atoms with Gasteiger partial charge in [0.05, 0.1) is 0 Å². The van der Waals surface area contributed by atoms with Crippen molar-refractivity contribution in [2.24, 2.45) is 0 Å². The lowest BCUT2D eigenvalue weighted by molar-refractivity contribution is 0.669. The van der Waals surface area contributed by atoms with Gasteiger partial charge in [-0.25, -0.2) is 0 Å². The number of fused-ring (bicyclic) bond motifs is 9. The van der Waals surface area contributed by atoms with Gasteiger partial charge in [-0.3, -0.25) is 0 Å². The monoisotopic (exact) mass is 714 g/mol. The quantitative estimate of drug-likeness (QED) is 0.171. The second-order valence-electron chi connectivity index (χ2n) is 13.4. The van der Waals surface area contributed by atoms with Crippen molar-refractivity contribution in [3.8, 4) is 0 Å². The topological polar surface area (TPSA) is 19.6 Å². The molecule has 0 fully saturated rings. The van der Waals surface area contributed by atoms with E-state index in [2.05, 4.69) is 180 Å². The first-order valence-electron chi connectivity index (χ1n) is 17.7. The van der Waals surface area contributed by atoms with Crippen LogP contribution in [0, 0.1) is 0 Å². The van der Waals surface area contributed by atoms with Crippen molar-refractivity contribution >= 4 is 119 Å². The van der Waals surface area contributed by atoms with Crippen molar-refractivity contribution in [3.05, 3.63) is 182 Å². The molecule has 3 aromatic heterocycles. The summed E-state index contributed by atoms with van der Waals surface area (Å²) in [6.45, 7) is 0. The maximum atomic E-state index is 6.19. The van der Waals surface area contributed by atoms with E-state index in [1.165, 1.54) is 40.3 Å². The third-order valence-corrected chi connectivity index (χ3v) is 12.5. The molecule has 0 aliphatic heterocycles. The second-order valence-corrected chi connectivity index (χ2v) is 15.5. The van der Waals surface area contributed by atoms with Gasteiger partial charge < -0.3 is 14.2 Å². The minimum atomic E-state index is 0.895. The Morgan fingerprint density at radius 1 is 0.283 bits per heavy atom. The Labute approximate surface area is 313 Å². The van der Waals surface area contributed by atoms with E-state index in [1.54, 1.807) is 0 Å². The maximum Gasteiger partial charge on any atom is 0.135 e. The van der Waals surface area contributed by atoms with E-state index in [-0.39, 0.29) is 0 Å². The van der Waals surface area contributed by atoms with Crippen LogP contribution >= 0.6 is 22.7 Å². The van der Waals surface area contributed by atoms with Crippen molar-refractivity contribution in [2.45, 2.75) is 0 Å². The molecule has 0 N–H and O–H groups in total. The predicted molar refractivity (Wildman–Crippen MR) is 229 cm³/mol. The summed E-state index contributed by atoms with van der Waals surface area (Å²) >= 11 is 3.70. The number of rotatable bonds is 6. The zero-order valence-corrected chi connectivity index (χ0v) is 30.1. The van der Waals surface area contributed by atoms with Crippen LogP contribution in [0.2, 0.25) is 0 Å². The molecule has 0 atom stereocenters. The average molecular weight is 715 g/mol. The fourth-order valence-electron chi connectivity index (χ4n) is 7.79. The Bertz CT molecular complexity index is 3140. The first-order chi connectivity index (χ1) is 26.2. The lowest BCUT2D eigenvalue weighted by atomic mass is 10.1. The van der Waals surface area contributed by atoms with Crippen molar-refractivity contribution in [1.29, 1.82) is 0 Å². The zero-order chi connectivity index (χ0) is 34.9. The highest BCUT2D eigenvalue weighted by Crippen LogP contribution is 2.45. The number of para-hydroxylation sites is 3. The first-order valence-corrected chi connectivity index (χ1v) is 19.4. The average Bonchev–Trinajstić information content (AvgIpc) is 3.89. The van der Waals surface area contributed by atoms with Gasteiger partial charge in [-0.2, -0.15) is 0 Å². The SMILES string of the molecule is c1ccc(N(c2ccc3c(c2)sc2ccc(N(c4ccccc4)c4ccc5oc6ccccc6c5c4)cc23)c2ccc3sc4ccccc4c3c2)cc1. The van der Waals surface area contributed by atoms with E-state index in [0.717, 1.165) is 56.1 Å². The molecule has 0 radical (unpaired) electrons. The normalized spacial score (nSPS) is 11.8. The summed E-state index contributed by atoms with van der Waals surface area (Å²) in [5.41, 5.74) is 8.53. The summed E-state index contributed by atoms with van der Waals surface area (Å²) in [6, 6.07) is 65.5. The van der Waals surface area contributed by atoms with Crippen LogP contribution in [0.5, 0.6) is 0 Å². The molecule has 53 heavy (non-hydrogen) atoms. The van der Waals surface area contributed by atoms with Crippen LogP contribution in [0.1, 0.15) is 0 Å². The van der Waals surface area contributed by atoms with Gasteiger partial charge in [-0.1, -0.05) is 78.9 Å².